The molecule has 0 heterocycles. The average Bonchev–Trinajstić information content (AvgIpc) is 2.14. The van der Waals surface area contributed by atoms with Gasteiger partial charge in [0.15, 0.2) is 0 Å². The number of carbonyl (C=O) groups is 1. The molecule has 0 spiro atoms. The van der Waals surface area contributed by atoms with E-state index in [1.54, 1.807) is 0 Å². The van der Waals surface area contributed by atoms with Crippen molar-refractivity contribution in [3.63, 3.8) is 0 Å². The van der Waals surface area contributed by atoms with Crippen molar-refractivity contribution in [1.82, 2.24) is 0 Å². The van der Waals surface area contributed by atoms with Crippen molar-refractivity contribution in [3.05, 3.63) is 0 Å². The molecule has 0 bridgehead atoms. The highest BCUT2D eigenvalue weighted by molar-refractivity contribution is 5.73. The van der Waals surface area contributed by atoms with Crippen LogP contribution in [0.15, 0.2) is 0 Å². The summed E-state index contributed by atoms with van der Waals surface area (Å²) in [7, 11) is 0. The van der Waals surface area contributed by atoms with Crippen LogP contribution in [-0.2, 0) is 9.53 Å². The van der Waals surface area contributed by atoms with Crippen LogP contribution in [0.4, 0.5) is 0 Å². The van der Waals surface area contributed by atoms with Crippen molar-refractivity contribution in [3.8, 4) is 0 Å². The molecule has 0 radical (unpaired) electrons. The van der Waals surface area contributed by atoms with Gasteiger partial charge in [-0.1, -0.05) is 19.8 Å². The van der Waals surface area contributed by atoms with Gasteiger partial charge in [0.1, 0.15) is 6.10 Å². The standard InChI is InChI=1S/C10H20O5/c1-3-4-5-8(12)6-9(13)15-10(14)7(2)11/h7-9,11-13H,3-6H2,1-2H3. The van der Waals surface area contributed by atoms with Crippen LogP contribution in [0.5, 0.6) is 0 Å². The van der Waals surface area contributed by atoms with Crippen LogP contribution >= 0.6 is 0 Å². The molecule has 3 N–H and O–H groups in total. The largest absolute Gasteiger partial charge is 0.434 e. The van der Waals surface area contributed by atoms with Crippen LogP contribution in [0.3, 0.4) is 0 Å². The highest BCUT2D eigenvalue weighted by Gasteiger charge is 2.18. The molecular weight excluding hydrogens is 200 g/mol. The van der Waals surface area contributed by atoms with Gasteiger partial charge in [0, 0.05) is 6.42 Å². The lowest BCUT2D eigenvalue weighted by Gasteiger charge is -2.16. The molecule has 90 valence electrons. The van der Waals surface area contributed by atoms with Crippen molar-refractivity contribution in [1.29, 1.82) is 0 Å². The van der Waals surface area contributed by atoms with E-state index >= 15 is 0 Å². The van der Waals surface area contributed by atoms with Gasteiger partial charge in [-0.15, -0.1) is 0 Å². The first kappa shape index (κ1) is 14.3. The molecule has 0 aromatic heterocycles. The maximum Gasteiger partial charge on any atom is 0.336 e. The van der Waals surface area contributed by atoms with Crippen LogP contribution in [0.1, 0.15) is 39.5 Å². The Morgan fingerprint density at radius 2 is 1.93 bits per heavy atom. The maximum absolute atomic E-state index is 10.8. The minimum atomic E-state index is -1.35. The summed E-state index contributed by atoms with van der Waals surface area (Å²) in [6.45, 7) is 3.25. The number of aliphatic hydroxyl groups excluding tert-OH is 3. The van der Waals surface area contributed by atoms with Gasteiger partial charge < -0.3 is 20.1 Å². The van der Waals surface area contributed by atoms with E-state index in [2.05, 4.69) is 4.74 Å². The quantitative estimate of drug-likeness (QED) is 0.420. The predicted molar refractivity (Wildman–Crippen MR) is 53.9 cm³/mol. The Balaban J connectivity index is 3.72. The van der Waals surface area contributed by atoms with Crippen LogP contribution < -0.4 is 0 Å². The first-order valence-corrected chi connectivity index (χ1v) is 5.22. The summed E-state index contributed by atoms with van der Waals surface area (Å²) < 4.78 is 4.47. The van der Waals surface area contributed by atoms with E-state index < -0.39 is 24.5 Å². The molecule has 0 saturated carbocycles. The van der Waals surface area contributed by atoms with E-state index in [1.165, 1.54) is 6.92 Å². The molecule has 0 aliphatic carbocycles. The fraction of sp³-hybridized carbons (Fsp3) is 0.900. The first-order chi connectivity index (χ1) is 6.97. The lowest BCUT2D eigenvalue weighted by Crippen LogP contribution is -2.28. The van der Waals surface area contributed by atoms with Gasteiger partial charge in [-0.2, -0.15) is 0 Å². The van der Waals surface area contributed by atoms with E-state index in [0.717, 1.165) is 12.8 Å². The van der Waals surface area contributed by atoms with Crippen LogP contribution in [-0.4, -0.2) is 39.8 Å². The number of unbranched alkanes of at least 4 members (excludes halogenated alkanes) is 1. The Morgan fingerprint density at radius 3 is 2.40 bits per heavy atom. The van der Waals surface area contributed by atoms with E-state index in [1.807, 2.05) is 6.92 Å². The molecule has 3 unspecified atom stereocenters. The van der Waals surface area contributed by atoms with Crippen molar-refractivity contribution >= 4 is 5.97 Å². The summed E-state index contributed by atoms with van der Waals surface area (Å²) in [5.41, 5.74) is 0. The fourth-order valence-corrected chi connectivity index (χ4v) is 1.07. The summed E-state index contributed by atoms with van der Waals surface area (Å²) in [4.78, 5) is 10.8. The zero-order chi connectivity index (χ0) is 11.8. The van der Waals surface area contributed by atoms with Gasteiger partial charge >= 0.3 is 5.97 Å². The second-order valence-corrected chi connectivity index (χ2v) is 3.60. The van der Waals surface area contributed by atoms with Crippen molar-refractivity contribution in [2.45, 2.75) is 58.0 Å². The Morgan fingerprint density at radius 1 is 1.33 bits per heavy atom. The number of hydrogen-bond acceptors (Lipinski definition) is 5. The number of carbonyl (C=O) groups excluding carboxylic acids is 1. The molecule has 0 amide bonds. The van der Waals surface area contributed by atoms with Crippen molar-refractivity contribution in [2.75, 3.05) is 0 Å². The van der Waals surface area contributed by atoms with Crippen molar-refractivity contribution < 1.29 is 24.9 Å². The van der Waals surface area contributed by atoms with E-state index in [-0.39, 0.29) is 6.42 Å². The summed E-state index contributed by atoms with van der Waals surface area (Å²) >= 11 is 0. The molecule has 3 atom stereocenters. The third-order valence-corrected chi connectivity index (χ3v) is 1.96. The molecule has 0 aliphatic heterocycles. The van der Waals surface area contributed by atoms with Crippen LogP contribution in [0.25, 0.3) is 0 Å². The van der Waals surface area contributed by atoms with Gasteiger partial charge in [0.25, 0.3) is 0 Å². The fourth-order valence-electron chi connectivity index (χ4n) is 1.07. The molecule has 15 heavy (non-hydrogen) atoms. The molecule has 0 aliphatic rings. The second-order valence-electron chi connectivity index (χ2n) is 3.60. The van der Waals surface area contributed by atoms with Crippen molar-refractivity contribution in [2.24, 2.45) is 0 Å². The van der Waals surface area contributed by atoms with Gasteiger partial charge in [0.05, 0.1) is 6.10 Å². The average molecular weight is 220 g/mol. The van der Waals surface area contributed by atoms with Gasteiger partial charge in [-0.3, -0.25) is 0 Å². The maximum atomic E-state index is 10.8. The molecule has 5 heteroatoms. The SMILES string of the molecule is CCCCC(O)CC(O)OC(=O)C(C)O. The van der Waals surface area contributed by atoms with Gasteiger partial charge in [-0.05, 0) is 13.3 Å². The monoisotopic (exact) mass is 220 g/mol. The van der Waals surface area contributed by atoms with E-state index in [9.17, 15) is 15.0 Å². The highest BCUT2D eigenvalue weighted by Crippen LogP contribution is 2.08. The minimum absolute atomic E-state index is 0.0154. The Labute approximate surface area is 89.7 Å². The number of hydrogen-bond donors (Lipinski definition) is 3. The minimum Gasteiger partial charge on any atom is -0.434 e. The first-order valence-electron chi connectivity index (χ1n) is 5.22. The molecular formula is C10H20O5. The van der Waals surface area contributed by atoms with E-state index in [0.29, 0.717) is 6.42 Å². The Bertz CT molecular complexity index is 181. The summed E-state index contributed by atoms with van der Waals surface area (Å²) in [6, 6.07) is 0. The molecule has 0 aromatic carbocycles. The summed E-state index contributed by atoms with van der Waals surface area (Å²) in [6.07, 6.45) is -0.912. The Kier molecular flexibility index (Phi) is 7.29. The molecule has 0 rings (SSSR count). The second kappa shape index (κ2) is 7.62. The topological polar surface area (TPSA) is 87.0 Å². The van der Waals surface area contributed by atoms with Gasteiger partial charge in [0.2, 0.25) is 6.29 Å². The predicted octanol–water partition coefficient (Wildman–Crippen LogP) is 0.170. The summed E-state index contributed by atoms with van der Waals surface area (Å²) in [5.74, 6) is -0.884. The van der Waals surface area contributed by atoms with Crippen LogP contribution in [0, 0.1) is 0 Å². The summed E-state index contributed by atoms with van der Waals surface area (Å²) in [5, 5.41) is 27.4. The third-order valence-electron chi connectivity index (χ3n) is 1.96. The molecule has 5 nitrogen and oxygen atoms in total. The smallest absolute Gasteiger partial charge is 0.336 e. The van der Waals surface area contributed by atoms with E-state index in [4.69, 9.17) is 5.11 Å². The highest BCUT2D eigenvalue weighted by atomic mass is 16.6. The zero-order valence-corrected chi connectivity index (χ0v) is 9.22. The number of aliphatic hydroxyl groups is 3. The lowest BCUT2D eigenvalue weighted by molar-refractivity contribution is -0.180. The molecule has 0 saturated heterocycles. The molecule has 0 aromatic rings. The number of ether oxygens (including phenoxy) is 1. The third kappa shape index (κ3) is 7.30. The number of esters is 1. The van der Waals surface area contributed by atoms with Crippen LogP contribution in [0.2, 0.25) is 0 Å². The lowest BCUT2D eigenvalue weighted by atomic mass is 10.1. The normalized spacial score (nSPS) is 16.9. The zero-order valence-electron chi connectivity index (χ0n) is 9.22. The van der Waals surface area contributed by atoms with Gasteiger partial charge in [-0.25, -0.2) is 4.79 Å². The number of rotatable bonds is 7. The Hall–Kier alpha value is -0.650. The molecule has 0 fully saturated rings.